The fourth-order valence-corrected chi connectivity index (χ4v) is 4.88. The molecule has 5 rings (SSSR count). The van der Waals surface area contributed by atoms with E-state index < -0.39 is 5.72 Å². The van der Waals surface area contributed by atoms with Gasteiger partial charge in [-0.2, -0.15) is 5.10 Å². The minimum Gasteiger partial charge on any atom is -0.384 e. The molecule has 146 valence electrons. The maximum Gasteiger partial charge on any atom is 0.244 e. The van der Waals surface area contributed by atoms with Gasteiger partial charge in [-0.15, -0.1) is 0 Å². The Kier molecular flexibility index (Phi) is 3.74. The first-order valence-electron chi connectivity index (χ1n) is 9.60. The average Bonchev–Trinajstić information content (AvgIpc) is 3.37. The smallest absolute Gasteiger partial charge is 0.244 e. The predicted octanol–water partition coefficient (Wildman–Crippen LogP) is 1.07. The van der Waals surface area contributed by atoms with Gasteiger partial charge in [0.25, 0.3) is 0 Å². The fourth-order valence-electron chi connectivity index (χ4n) is 4.88. The third-order valence-electron chi connectivity index (χ3n) is 6.14. The minimum atomic E-state index is -0.709. The van der Waals surface area contributed by atoms with Crippen molar-refractivity contribution >= 4 is 17.6 Å². The number of hydrogen-bond acceptors (Lipinski definition) is 5. The van der Waals surface area contributed by atoms with Crippen LogP contribution in [-0.2, 0) is 20.9 Å². The Labute approximate surface area is 162 Å². The van der Waals surface area contributed by atoms with Gasteiger partial charge >= 0.3 is 0 Å². The number of rotatable bonds is 3. The molecule has 0 saturated carbocycles. The number of carbonyl (C=O) groups is 2. The van der Waals surface area contributed by atoms with Gasteiger partial charge in [-0.3, -0.25) is 9.59 Å². The summed E-state index contributed by atoms with van der Waals surface area (Å²) in [6.45, 7) is 3.01. The number of nitrogen functional groups attached to an aromatic ring is 1. The zero-order valence-electron chi connectivity index (χ0n) is 15.7. The number of amides is 2. The molecule has 1 aromatic carbocycles. The average molecular weight is 381 g/mol. The molecule has 0 radical (unpaired) electrons. The lowest BCUT2D eigenvalue weighted by Crippen LogP contribution is -2.49. The van der Waals surface area contributed by atoms with Crippen molar-refractivity contribution in [2.24, 2.45) is 0 Å². The highest BCUT2D eigenvalue weighted by molar-refractivity contribution is 5.84. The first-order valence-corrected chi connectivity index (χ1v) is 9.60. The lowest BCUT2D eigenvalue weighted by molar-refractivity contribution is -0.143. The van der Waals surface area contributed by atoms with Crippen LogP contribution in [0, 0.1) is 6.92 Å². The molecule has 3 atom stereocenters. The van der Waals surface area contributed by atoms with Crippen molar-refractivity contribution in [1.82, 2.24) is 19.6 Å². The second-order valence-corrected chi connectivity index (χ2v) is 7.79. The summed E-state index contributed by atoms with van der Waals surface area (Å²) in [6, 6.07) is 11.4. The molecule has 1 aromatic heterocycles. The van der Waals surface area contributed by atoms with Crippen molar-refractivity contribution in [1.29, 1.82) is 0 Å². The second kappa shape index (κ2) is 6.07. The Bertz CT molecular complexity index is 943. The number of ether oxygens (including phenoxy) is 1. The van der Waals surface area contributed by atoms with Crippen LogP contribution in [-0.4, -0.2) is 56.3 Å². The molecule has 3 aliphatic heterocycles. The van der Waals surface area contributed by atoms with Gasteiger partial charge in [0.15, 0.2) is 5.72 Å². The number of carbonyl (C=O) groups excluding carboxylic acids is 2. The van der Waals surface area contributed by atoms with Gasteiger partial charge in [-0.1, -0.05) is 30.3 Å². The van der Waals surface area contributed by atoms with E-state index in [9.17, 15) is 9.59 Å². The molecule has 0 aliphatic carbocycles. The third-order valence-corrected chi connectivity index (χ3v) is 6.14. The maximum atomic E-state index is 13.0. The Balaban J connectivity index is 1.38. The molecule has 28 heavy (non-hydrogen) atoms. The molecule has 0 bridgehead atoms. The number of benzene rings is 1. The molecule has 3 saturated heterocycles. The summed E-state index contributed by atoms with van der Waals surface area (Å²) in [4.78, 5) is 29.3. The summed E-state index contributed by atoms with van der Waals surface area (Å²) in [6.07, 6.45) is 0.778. The summed E-state index contributed by atoms with van der Waals surface area (Å²) in [5, 5.41) is 4.27. The van der Waals surface area contributed by atoms with E-state index in [4.69, 9.17) is 10.5 Å². The van der Waals surface area contributed by atoms with Crippen LogP contribution < -0.4 is 5.73 Å². The lowest BCUT2D eigenvalue weighted by Gasteiger charge is -2.32. The normalized spacial score (nSPS) is 28.7. The van der Waals surface area contributed by atoms with Crippen LogP contribution in [0.15, 0.2) is 36.4 Å². The highest BCUT2D eigenvalue weighted by Crippen LogP contribution is 2.50. The van der Waals surface area contributed by atoms with Gasteiger partial charge in [-0.05, 0) is 12.5 Å². The topological polar surface area (TPSA) is 93.7 Å². The molecule has 3 aliphatic rings. The van der Waals surface area contributed by atoms with Gasteiger partial charge in [0.05, 0.1) is 24.7 Å². The molecule has 1 spiro atoms. The van der Waals surface area contributed by atoms with Gasteiger partial charge in [0.2, 0.25) is 11.8 Å². The molecule has 2 amide bonds. The van der Waals surface area contributed by atoms with E-state index in [0.29, 0.717) is 31.7 Å². The van der Waals surface area contributed by atoms with Crippen LogP contribution >= 0.6 is 0 Å². The standard InChI is InChI=1S/C20H23N5O3/c1-13-9-17(21)25(22-13)12-19(27)23-8-7-20-16(23)10-18(26)24(20)11-15(28-20)14-5-3-2-4-6-14/h2-6,9,15-16H,7-8,10-12,21H2,1H3/t15-,16+,20-/m0/s1. The van der Waals surface area contributed by atoms with E-state index in [1.165, 1.54) is 4.68 Å². The highest BCUT2D eigenvalue weighted by Gasteiger charge is 2.64. The molecule has 2 N–H and O–H groups in total. The molecular weight excluding hydrogens is 358 g/mol. The summed E-state index contributed by atoms with van der Waals surface area (Å²) in [5.74, 6) is 0.429. The predicted molar refractivity (Wildman–Crippen MR) is 101 cm³/mol. The monoisotopic (exact) mass is 381 g/mol. The first-order chi connectivity index (χ1) is 13.5. The van der Waals surface area contributed by atoms with E-state index >= 15 is 0 Å². The van der Waals surface area contributed by atoms with Crippen molar-refractivity contribution in [2.75, 3.05) is 18.8 Å². The third kappa shape index (κ3) is 2.44. The zero-order valence-corrected chi connectivity index (χ0v) is 15.7. The van der Waals surface area contributed by atoms with E-state index in [0.717, 1.165) is 11.3 Å². The number of nitrogens with zero attached hydrogens (tertiary/aromatic N) is 4. The van der Waals surface area contributed by atoms with Crippen molar-refractivity contribution in [3.8, 4) is 0 Å². The minimum absolute atomic E-state index is 0.0513. The molecule has 2 aromatic rings. The fraction of sp³-hybridized carbons (Fsp3) is 0.450. The first kappa shape index (κ1) is 17.2. The molecule has 8 heteroatoms. The van der Waals surface area contributed by atoms with Crippen LogP contribution in [0.25, 0.3) is 0 Å². The van der Waals surface area contributed by atoms with Crippen LogP contribution in [0.3, 0.4) is 0 Å². The summed E-state index contributed by atoms with van der Waals surface area (Å²) >= 11 is 0. The Morgan fingerprint density at radius 3 is 2.86 bits per heavy atom. The number of anilines is 1. The van der Waals surface area contributed by atoms with Crippen molar-refractivity contribution in [2.45, 2.75) is 44.2 Å². The molecule has 8 nitrogen and oxygen atoms in total. The number of aryl methyl sites for hydroxylation is 1. The second-order valence-electron chi connectivity index (χ2n) is 7.79. The lowest BCUT2D eigenvalue weighted by atomic mass is 10.1. The van der Waals surface area contributed by atoms with Crippen LogP contribution in [0.1, 0.15) is 30.2 Å². The SMILES string of the molecule is Cc1cc(N)n(CC(=O)N2CC[C@@]34O[C@H](c5ccccc5)CN3C(=O)C[C@@H]24)n1. The quantitative estimate of drug-likeness (QED) is 0.859. The molecular formula is C20H23N5O3. The zero-order chi connectivity index (χ0) is 19.5. The van der Waals surface area contributed by atoms with E-state index in [1.54, 1.807) is 11.0 Å². The van der Waals surface area contributed by atoms with Crippen LogP contribution in [0.2, 0.25) is 0 Å². The number of nitrogens with two attached hydrogens (primary N) is 1. The van der Waals surface area contributed by atoms with Crippen LogP contribution in [0.4, 0.5) is 5.82 Å². The Morgan fingerprint density at radius 2 is 2.14 bits per heavy atom. The Morgan fingerprint density at radius 1 is 1.36 bits per heavy atom. The van der Waals surface area contributed by atoms with Crippen molar-refractivity contribution < 1.29 is 14.3 Å². The van der Waals surface area contributed by atoms with Crippen molar-refractivity contribution in [3.63, 3.8) is 0 Å². The molecule has 3 fully saturated rings. The van der Waals surface area contributed by atoms with Crippen LogP contribution in [0.5, 0.6) is 0 Å². The van der Waals surface area contributed by atoms with E-state index in [2.05, 4.69) is 5.10 Å². The molecule has 4 heterocycles. The van der Waals surface area contributed by atoms with Crippen molar-refractivity contribution in [3.05, 3.63) is 47.7 Å². The van der Waals surface area contributed by atoms with E-state index in [-0.39, 0.29) is 30.5 Å². The summed E-state index contributed by atoms with van der Waals surface area (Å²) < 4.78 is 7.99. The number of aromatic nitrogens is 2. The number of likely N-dealkylation sites (tertiary alicyclic amines) is 1. The highest BCUT2D eigenvalue weighted by atomic mass is 16.5. The van der Waals surface area contributed by atoms with Gasteiger partial charge < -0.3 is 20.3 Å². The largest absolute Gasteiger partial charge is 0.384 e. The van der Waals surface area contributed by atoms with Gasteiger partial charge in [-0.25, -0.2) is 4.68 Å². The van der Waals surface area contributed by atoms with Gasteiger partial charge in [0, 0.05) is 19.0 Å². The maximum absolute atomic E-state index is 13.0. The summed E-state index contributed by atoms with van der Waals surface area (Å²) in [7, 11) is 0. The van der Waals surface area contributed by atoms with Gasteiger partial charge in [0.1, 0.15) is 18.5 Å². The molecule has 0 unspecified atom stereocenters. The number of hydrogen-bond donors (Lipinski definition) is 1. The summed E-state index contributed by atoms with van der Waals surface area (Å²) in [5.41, 5.74) is 7.05. The van der Waals surface area contributed by atoms with E-state index in [1.807, 2.05) is 42.2 Å². The Hall–Kier alpha value is -2.87.